The van der Waals surface area contributed by atoms with Crippen LogP contribution in [0.1, 0.15) is 37.3 Å². The summed E-state index contributed by atoms with van der Waals surface area (Å²) in [4.78, 5) is 34.9. The van der Waals surface area contributed by atoms with Crippen LogP contribution in [0.25, 0.3) is 0 Å². The number of rotatable bonds is 8. The molecule has 8 heteroatoms. The summed E-state index contributed by atoms with van der Waals surface area (Å²) in [7, 11) is 0. The van der Waals surface area contributed by atoms with Crippen molar-refractivity contribution in [2.24, 2.45) is 0 Å². The summed E-state index contributed by atoms with van der Waals surface area (Å²) in [6.45, 7) is 2.16. The maximum Gasteiger partial charge on any atom is 0.315 e. The van der Waals surface area contributed by atoms with Crippen LogP contribution in [-0.2, 0) is 4.79 Å². The number of amides is 3. The Morgan fingerprint density at radius 2 is 1.83 bits per heavy atom. The van der Waals surface area contributed by atoms with Crippen LogP contribution < -0.4 is 16.0 Å². The van der Waals surface area contributed by atoms with E-state index in [1.165, 1.54) is 0 Å². The molecule has 0 spiro atoms. The molecule has 1 atom stereocenters. The zero-order valence-corrected chi connectivity index (χ0v) is 16.5. The summed E-state index contributed by atoms with van der Waals surface area (Å²) in [5.41, 5.74) is 0.982. The van der Waals surface area contributed by atoms with Crippen LogP contribution in [0.4, 0.5) is 10.7 Å². The van der Waals surface area contributed by atoms with Gasteiger partial charge in [-0.2, -0.15) is 0 Å². The molecule has 3 rings (SSSR count). The van der Waals surface area contributed by atoms with Crippen LogP contribution in [-0.4, -0.2) is 53.0 Å². The number of carbonyl (C=O) groups is 2. The van der Waals surface area contributed by atoms with E-state index >= 15 is 0 Å². The Hall–Kier alpha value is -3.16. The number of nitrogens with zero attached hydrogens (tertiary/aromatic N) is 3. The molecule has 1 aromatic carbocycles. The average molecular weight is 396 g/mol. The van der Waals surface area contributed by atoms with Gasteiger partial charge < -0.3 is 20.9 Å². The fourth-order valence-corrected chi connectivity index (χ4v) is 3.32. The highest BCUT2D eigenvalue weighted by atomic mass is 16.2. The van der Waals surface area contributed by atoms with Gasteiger partial charge in [0.2, 0.25) is 11.9 Å². The molecule has 29 heavy (non-hydrogen) atoms. The summed E-state index contributed by atoms with van der Waals surface area (Å²) in [5.74, 6) is 0.689. The summed E-state index contributed by atoms with van der Waals surface area (Å²) >= 11 is 0. The normalized spacial score (nSPS) is 15.3. The molecule has 1 aliphatic rings. The number of urea groups is 1. The van der Waals surface area contributed by atoms with Gasteiger partial charge in [-0.25, -0.2) is 14.8 Å². The lowest BCUT2D eigenvalue weighted by Crippen LogP contribution is -2.45. The van der Waals surface area contributed by atoms with Gasteiger partial charge >= 0.3 is 6.03 Å². The van der Waals surface area contributed by atoms with Gasteiger partial charge in [0.25, 0.3) is 0 Å². The largest absolute Gasteiger partial charge is 0.352 e. The Labute approximate surface area is 171 Å². The van der Waals surface area contributed by atoms with E-state index in [-0.39, 0.29) is 18.0 Å². The van der Waals surface area contributed by atoms with Gasteiger partial charge in [-0.15, -0.1) is 0 Å². The molecule has 1 aliphatic heterocycles. The molecule has 0 bridgehead atoms. The Balaban J connectivity index is 1.53. The molecule has 154 valence electrons. The number of likely N-dealkylation sites (tertiary alicyclic amines) is 1. The second-order valence-corrected chi connectivity index (χ2v) is 7.01. The lowest BCUT2D eigenvalue weighted by atomic mass is 10.1. The average Bonchev–Trinajstić information content (AvgIpc) is 2.96. The first-order valence-electron chi connectivity index (χ1n) is 10.1. The number of anilines is 1. The van der Waals surface area contributed by atoms with Crippen molar-refractivity contribution in [1.82, 2.24) is 25.5 Å². The molecule has 0 unspecified atom stereocenters. The second kappa shape index (κ2) is 11.0. The SMILES string of the molecule is O=C(NCCNc1ncccn1)N[C@@H](CN1CCCCCC1=O)c1ccccc1. The molecule has 8 nitrogen and oxygen atoms in total. The van der Waals surface area contributed by atoms with Crippen LogP contribution >= 0.6 is 0 Å². The minimum Gasteiger partial charge on any atom is -0.352 e. The second-order valence-electron chi connectivity index (χ2n) is 7.01. The summed E-state index contributed by atoms with van der Waals surface area (Å²) in [5, 5.41) is 8.91. The molecule has 0 saturated carbocycles. The zero-order chi connectivity index (χ0) is 20.3. The van der Waals surface area contributed by atoms with Crippen molar-refractivity contribution in [3.05, 3.63) is 54.4 Å². The summed E-state index contributed by atoms with van der Waals surface area (Å²) < 4.78 is 0. The van der Waals surface area contributed by atoms with Gasteiger partial charge in [0.1, 0.15) is 0 Å². The van der Waals surface area contributed by atoms with Crippen molar-refractivity contribution in [3.63, 3.8) is 0 Å². The molecule has 1 fully saturated rings. The van der Waals surface area contributed by atoms with Crippen molar-refractivity contribution < 1.29 is 9.59 Å². The number of hydrogen-bond acceptors (Lipinski definition) is 5. The smallest absolute Gasteiger partial charge is 0.315 e. The first-order chi connectivity index (χ1) is 14.2. The highest BCUT2D eigenvalue weighted by molar-refractivity contribution is 5.77. The van der Waals surface area contributed by atoms with E-state index in [2.05, 4.69) is 25.9 Å². The summed E-state index contributed by atoms with van der Waals surface area (Å²) in [6, 6.07) is 11.0. The van der Waals surface area contributed by atoms with Crippen LogP contribution in [0.5, 0.6) is 0 Å². The van der Waals surface area contributed by atoms with Crippen molar-refractivity contribution >= 4 is 17.9 Å². The van der Waals surface area contributed by atoms with Gasteiger partial charge in [-0.3, -0.25) is 4.79 Å². The first kappa shape index (κ1) is 20.6. The van der Waals surface area contributed by atoms with Gasteiger partial charge in [0.05, 0.1) is 6.04 Å². The molecule has 3 amide bonds. The van der Waals surface area contributed by atoms with Crippen LogP contribution in [0, 0.1) is 0 Å². The third-order valence-corrected chi connectivity index (χ3v) is 4.84. The predicted octanol–water partition coefficient (Wildman–Crippen LogP) is 2.33. The lowest BCUT2D eigenvalue weighted by Gasteiger charge is -2.27. The monoisotopic (exact) mass is 396 g/mol. The molecule has 1 aromatic heterocycles. The molecular weight excluding hydrogens is 368 g/mol. The van der Waals surface area contributed by atoms with E-state index in [0.29, 0.717) is 32.0 Å². The van der Waals surface area contributed by atoms with Crippen molar-refractivity contribution in [1.29, 1.82) is 0 Å². The maximum atomic E-state index is 12.4. The van der Waals surface area contributed by atoms with E-state index < -0.39 is 0 Å². The van der Waals surface area contributed by atoms with Gasteiger partial charge in [0, 0.05) is 45.0 Å². The van der Waals surface area contributed by atoms with E-state index in [0.717, 1.165) is 31.4 Å². The van der Waals surface area contributed by atoms with E-state index in [1.54, 1.807) is 18.5 Å². The quantitative estimate of drug-likeness (QED) is 0.595. The Kier molecular flexibility index (Phi) is 7.80. The Morgan fingerprint density at radius 1 is 1.03 bits per heavy atom. The van der Waals surface area contributed by atoms with Gasteiger partial charge in [-0.05, 0) is 24.5 Å². The molecule has 0 aliphatic carbocycles. The van der Waals surface area contributed by atoms with E-state index in [9.17, 15) is 9.59 Å². The lowest BCUT2D eigenvalue weighted by molar-refractivity contribution is -0.131. The van der Waals surface area contributed by atoms with Crippen molar-refractivity contribution in [2.45, 2.75) is 31.7 Å². The number of carbonyl (C=O) groups excluding carboxylic acids is 2. The number of hydrogen-bond donors (Lipinski definition) is 3. The minimum absolute atomic E-state index is 0.165. The molecule has 2 heterocycles. The van der Waals surface area contributed by atoms with Gasteiger partial charge in [0.15, 0.2) is 0 Å². The standard InChI is InChI=1S/C21H28N6O2/c28-19-10-5-2-6-15-27(19)16-18(17-8-3-1-4-9-17)26-21(29)25-14-13-24-20-22-11-7-12-23-20/h1,3-4,7-9,11-12,18H,2,5-6,10,13-16H2,(H,22,23,24)(H2,25,26,29)/t18-/m0/s1. The fourth-order valence-electron chi connectivity index (χ4n) is 3.32. The number of aromatic nitrogens is 2. The highest BCUT2D eigenvalue weighted by Crippen LogP contribution is 2.18. The maximum absolute atomic E-state index is 12.4. The Bertz CT molecular complexity index is 771. The molecule has 3 N–H and O–H groups in total. The minimum atomic E-state index is -0.267. The van der Waals surface area contributed by atoms with Gasteiger partial charge in [-0.1, -0.05) is 36.8 Å². The van der Waals surface area contributed by atoms with E-state index in [4.69, 9.17) is 0 Å². The highest BCUT2D eigenvalue weighted by Gasteiger charge is 2.23. The zero-order valence-electron chi connectivity index (χ0n) is 16.5. The predicted molar refractivity (Wildman–Crippen MR) is 111 cm³/mol. The van der Waals surface area contributed by atoms with Crippen LogP contribution in [0.3, 0.4) is 0 Å². The van der Waals surface area contributed by atoms with Crippen LogP contribution in [0.15, 0.2) is 48.8 Å². The molecular formula is C21H28N6O2. The topological polar surface area (TPSA) is 99.2 Å². The number of nitrogens with one attached hydrogen (secondary N) is 3. The molecule has 0 radical (unpaired) electrons. The third-order valence-electron chi connectivity index (χ3n) is 4.84. The third kappa shape index (κ3) is 6.74. The first-order valence-corrected chi connectivity index (χ1v) is 10.1. The van der Waals surface area contributed by atoms with E-state index in [1.807, 2.05) is 35.2 Å². The summed E-state index contributed by atoms with van der Waals surface area (Å²) in [6.07, 6.45) is 6.92. The molecule has 2 aromatic rings. The van der Waals surface area contributed by atoms with Crippen molar-refractivity contribution in [2.75, 3.05) is 31.5 Å². The number of benzene rings is 1. The fraction of sp³-hybridized carbons (Fsp3) is 0.429. The molecule has 1 saturated heterocycles. The van der Waals surface area contributed by atoms with Crippen LogP contribution in [0.2, 0.25) is 0 Å². The van der Waals surface area contributed by atoms with Crippen molar-refractivity contribution in [3.8, 4) is 0 Å². The Morgan fingerprint density at radius 3 is 2.62 bits per heavy atom.